The van der Waals surface area contributed by atoms with E-state index in [1.54, 1.807) is 0 Å². The smallest absolute Gasteiger partial charge is 0.00440 e. The number of rotatable bonds is 2. The van der Waals surface area contributed by atoms with Crippen LogP contribution in [-0.2, 0) is 0 Å². The first-order chi connectivity index (χ1) is 4.02. The van der Waals surface area contributed by atoms with Crippen LogP contribution in [0.3, 0.4) is 0 Å². The summed E-state index contributed by atoms with van der Waals surface area (Å²) in [6.45, 7) is 9.75. The Hall–Kier alpha value is -0.0400. The van der Waals surface area contributed by atoms with E-state index in [1.165, 1.54) is 6.42 Å². The number of nitrogens with two attached hydrogens (primary N) is 1. The summed E-state index contributed by atoms with van der Waals surface area (Å²) in [6.07, 6.45) is 1.19. The van der Waals surface area contributed by atoms with Crippen molar-refractivity contribution in [3.8, 4) is 0 Å². The molecule has 1 atom stereocenters. The van der Waals surface area contributed by atoms with Crippen molar-refractivity contribution in [1.29, 1.82) is 0 Å². The van der Waals surface area contributed by atoms with Crippen molar-refractivity contribution < 1.29 is 0 Å². The van der Waals surface area contributed by atoms with Crippen LogP contribution in [0, 0.1) is 11.3 Å². The molecule has 0 aliphatic heterocycles. The topological polar surface area (TPSA) is 26.0 Å². The first kappa shape index (κ1) is 8.96. The van der Waals surface area contributed by atoms with Gasteiger partial charge in [-0.15, -0.1) is 0 Å². The van der Waals surface area contributed by atoms with E-state index in [0.29, 0.717) is 11.3 Å². The van der Waals surface area contributed by atoms with Gasteiger partial charge >= 0.3 is 0 Å². The van der Waals surface area contributed by atoms with Gasteiger partial charge in [0.05, 0.1) is 0 Å². The molecule has 0 aromatic rings. The summed E-state index contributed by atoms with van der Waals surface area (Å²) in [5, 5.41) is 0. The van der Waals surface area contributed by atoms with E-state index in [9.17, 15) is 0 Å². The van der Waals surface area contributed by atoms with Gasteiger partial charge < -0.3 is 5.73 Å². The number of hydrogen-bond acceptors (Lipinski definition) is 1. The van der Waals surface area contributed by atoms with Crippen molar-refractivity contribution in [3.05, 3.63) is 0 Å². The molecule has 0 radical (unpaired) electrons. The van der Waals surface area contributed by atoms with E-state index in [2.05, 4.69) is 27.7 Å². The van der Waals surface area contributed by atoms with E-state index in [4.69, 9.17) is 5.73 Å². The monoisotopic (exact) mass is 129 g/mol. The molecule has 1 unspecified atom stereocenters. The average Bonchev–Trinajstić information content (AvgIpc) is 1.65. The first-order valence-electron chi connectivity index (χ1n) is 3.72. The fourth-order valence-corrected chi connectivity index (χ4v) is 1.13. The highest BCUT2D eigenvalue weighted by atomic mass is 14.6. The quantitative estimate of drug-likeness (QED) is 0.606. The molecule has 1 nitrogen and oxygen atoms in total. The van der Waals surface area contributed by atoms with Gasteiger partial charge in [0.1, 0.15) is 0 Å². The zero-order valence-electron chi connectivity index (χ0n) is 7.07. The molecule has 56 valence electrons. The lowest BCUT2D eigenvalue weighted by Crippen LogP contribution is -2.27. The summed E-state index contributed by atoms with van der Waals surface area (Å²) >= 11 is 0. The van der Waals surface area contributed by atoms with Crippen LogP contribution in [0.5, 0.6) is 0 Å². The van der Waals surface area contributed by atoms with Crippen molar-refractivity contribution in [3.63, 3.8) is 0 Å². The van der Waals surface area contributed by atoms with Crippen LogP contribution in [0.4, 0.5) is 0 Å². The molecule has 0 bridgehead atoms. The van der Waals surface area contributed by atoms with Crippen LogP contribution in [-0.4, -0.2) is 6.54 Å². The Bertz CT molecular complexity index is 67.1. The van der Waals surface area contributed by atoms with E-state index in [-0.39, 0.29) is 0 Å². The molecule has 9 heavy (non-hydrogen) atoms. The lowest BCUT2D eigenvalue weighted by Gasteiger charge is -2.28. The largest absolute Gasteiger partial charge is 0.330 e. The molecule has 0 aromatic heterocycles. The predicted molar refractivity (Wildman–Crippen MR) is 42.3 cm³/mol. The van der Waals surface area contributed by atoms with Crippen LogP contribution in [0.25, 0.3) is 0 Å². The van der Waals surface area contributed by atoms with Crippen LogP contribution < -0.4 is 5.73 Å². The van der Waals surface area contributed by atoms with Gasteiger partial charge in [0.15, 0.2) is 0 Å². The Morgan fingerprint density at radius 2 is 1.78 bits per heavy atom. The van der Waals surface area contributed by atoms with Gasteiger partial charge in [-0.3, -0.25) is 0 Å². The van der Waals surface area contributed by atoms with Crippen molar-refractivity contribution in [2.75, 3.05) is 6.54 Å². The summed E-state index contributed by atoms with van der Waals surface area (Å²) in [6, 6.07) is 0. The molecule has 0 saturated carbocycles. The van der Waals surface area contributed by atoms with Crippen molar-refractivity contribution in [1.82, 2.24) is 0 Å². The fourth-order valence-electron chi connectivity index (χ4n) is 1.13. The zero-order chi connectivity index (χ0) is 7.49. The molecule has 0 fully saturated rings. The summed E-state index contributed by atoms with van der Waals surface area (Å²) in [5.41, 5.74) is 5.96. The van der Waals surface area contributed by atoms with Gasteiger partial charge in [0, 0.05) is 0 Å². The van der Waals surface area contributed by atoms with Gasteiger partial charge in [0.25, 0.3) is 0 Å². The minimum Gasteiger partial charge on any atom is -0.330 e. The normalized spacial score (nSPS) is 15.7. The Morgan fingerprint density at radius 1 is 1.33 bits per heavy atom. The minimum absolute atomic E-state index is 0.392. The molecule has 0 spiro atoms. The fraction of sp³-hybridized carbons (Fsp3) is 1.00. The predicted octanol–water partition coefficient (Wildman–Crippen LogP) is 2.02. The molecule has 0 aliphatic rings. The second-order valence-corrected chi connectivity index (χ2v) is 3.71. The number of hydrogen-bond donors (Lipinski definition) is 1. The van der Waals surface area contributed by atoms with E-state index in [0.717, 1.165) is 6.54 Å². The third-order valence-electron chi connectivity index (χ3n) is 2.00. The average molecular weight is 129 g/mol. The molecule has 0 aliphatic carbocycles. The standard InChI is InChI=1S/C8H19N/c1-5-7(6-9)8(2,3)4/h7H,5-6,9H2,1-4H3. The van der Waals surface area contributed by atoms with Gasteiger partial charge in [-0.2, -0.15) is 0 Å². The van der Waals surface area contributed by atoms with Crippen LogP contribution in [0.1, 0.15) is 34.1 Å². The summed E-state index contributed by atoms with van der Waals surface area (Å²) in [5.74, 6) is 0.678. The van der Waals surface area contributed by atoms with Gasteiger partial charge in [-0.25, -0.2) is 0 Å². The van der Waals surface area contributed by atoms with Gasteiger partial charge in [-0.05, 0) is 17.9 Å². The molecule has 0 saturated heterocycles. The van der Waals surface area contributed by atoms with Crippen molar-refractivity contribution >= 4 is 0 Å². The highest BCUT2D eigenvalue weighted by molar-refractivity contribution is 4.72. The second-order valence-electron chi connectivity index (χ2n) is 3.71. The lowest BCUT2D eigenvalue weighted by molar-refractivity contribution is 0.240. The van der Waals surface area contributed by atoms with Crippen LogP contribution in [0.15, 0.2) is 0 Å². The van der Waals surface area contributed by atoms with Crippen molar-refractivity contribution in [2.24, 2.45) is 17.1 Å². The summed E-state index contributed by atoms with van der Waals surface area (Å²) < 4.78 is 0. The van der Waals surface area contributed by atoms with E-state index < -0.39 is 0 Å². The second kappa shape index (κ2) is 3.21. The molecule has 0 rings (SSSR count). The van der Waals surface area contributed by atoms with E-state index in [1.807, 2.05) is 0 Å². The first-order valence-corrected chi connectivity index (χ1v) is 3.72. The highest BCUT2D eigenvalue weighted by Crippen LogP contribution is 2.26. The molecular formula is C8H19N. The SMILES string of the molecule is CCC(CN)C(C)(C)C. The highest BCUT2D eigenvalue weighted by Gasteiger charge is 2.20. The maximum absolute atomic E-state index is 5.57. The summed E-state index contributed by atoms with van der Waals surface area (Å²) in [7, 11) is 0. The Kier molecular flexibility index (Phi) is 3.20. The zero-order valence-corrected chi connectivity index (χ0v) is 7.07. The summed E-state index contributed by atoms with van der Waals surface area (Å²) in [4.78, 5) is 0. The third-order valence-corrected chi connectivity index (χ3v) is 2.00. The molecule has 2 N–H and O–H groups in total. The van der Waals surface area contributed by atoms with Gasteiger partial charge in [-0.1, -0.05) is 34.1 Å². The van der Waals surface area contributed by atoms with Gasteiger partial charge in [0.2, 0.25) is 0 Å². The van der Waals surface area contributed by atoms with Crippen LogP contribution >= 0.6 is 0 Å². The third kappa shape index (κ3) is 2.85. The van der Waals surface area contributed by atoms with E-state index >= 15 is 0 Å². The maximum atomic E-state index is 5.57. The lowest BCUT2D eigenvalue weighted by atomic mass is 9.79. The Labute approximate surface area is 58.6 Å². The molecule has 0 heterocycles. The molecule has 0 amide bonds. The Morgan fingerprint density at radius 3 is 1.78 bits per heavy atom. The molecule has 1 heteroatoms. The Balaban J connectivity index is 3.79. The molecule has 0 aromatic carbocycles. The minimum atomic E-state index is 0.392. The molecular weight excluding hydrogens is 110 g/mol. The van der Waals surface area contributed by atoms with Crippen molar-refractivity contribution in [2.45, 2.75) is 34.1 Å². The maximum Gasteiger partial charge on any atom is -0.00440 e. The van der Waals surface area contributed by atoms with Crippen LogP contribution in [0.2, 0.25) is 0 Å².